The maximum atomic E-state index is 12.5. The molecule has 1 N–H and O–H groups in total. The maximum absolute atomic E-state index is 12.5. The van der Waals surface area contributed by atoms with Crippen LogP contribution in [0.25, 0.3) is 10.9 Å². The lowest BCUT2D eigenvalue weighted by atomic mass is 10.1. The van der Waals surface area contributed by atoms with Crippen LogP contribution in [0.2, 0.25) is 5.02 Å². The van der Waals surface area contributed by atoms with E-state index >= 15 is 0 Å². The van der Waals surface area contributed by atoms with Gasteiger partial charge >= 0.3 is 0 Å². The molecule has 0 saturated carbocycles. The van der Waals surface area contributed by atoms with Gasteiger partial charge in [-0.25, -0.2) is 0 Å². The van der Waals surface area contributed by atoms with Crippen LogP contribution in [0, 0.1) is 6.92 Å². The number of fused-ring (bicyclic) bond motifs is 1. The number of anilines is 1. The van der Waals surface area contributed by atoms with Crippen molar-refractivity contribution in [1.29, 1.82) is 0 Å². The number of H-pyrrole nitrogens is 1. The van der Waals surface area contributed by atoms with Gasteiger partial charge in [-0.2, -0.15) is 0 Å². The summed E-state index contributed by atoms with van der Waals surface area (Å²) in [4.78, 5) is 28.9. The number of aryl methyl sites for hydroxylation is 1. The average molecular weight is 371 g/mol. The first-order chi connectivity index (χ1) is 12.0. The molecule has 0 spiro atoms. The number of carbonyl (C=O) groups is 1. The van der Waals surface area contributed by atoms with E-state index in [1.165, 1.54) is 0 Å². The number of benzene rings is 2. The first-order valence-corrected chi connectivity index (χ1v) is 9.29. The number of amides is 1. The van der Waals surface area contributed by atoms with E-state index in [0.717, 1.165) is 27.7 Å². The number of hydrogen-bond donors (Lipinski definition) is 1. The molecule has 4 nitrogen and oxygen atoms in total. The van der Waals surface area contributed by atoms with E-state index in [1.54, 1.807) is 22.7 Å². The van der Waals surface area contributed by atoms with E-state index in [0.29, 0.717) is 10.8 Å². The molecule has 1 aliphatic rings. The van der Waals surface area contributed by atoms with Crippen LogP contribution in [-0.4, -0.2) is 16.6 Å². The van der Waals surface area contributed by atoms with E-state index in [-0.39, 0.29) is 16.8 Å². The van der Waals surface area contributed by atoms with Crippen molar-refractivity contribution in [3.05, 3.63) is 75.0 Å². The lowest BCUT2D eigenvalue weighted by Gasteiger charge is -2.25. The van der Waals surface area contributed by atoms with Crippen molar-refractivity contribution in [3.63, 3.8) is 0 Å². The Morgan fingerprint density at radius 1 is 1.16 bits per heavy atom. The molecule has 1 unspecified atom stereocenters. The summed E-state index contributed by atoms with van der Waals surface area (Å²) >= 11 is 7.89. The zero-order valence-electron chi connectivity index (χ0n) is 13.5. The minimum Gasteiger partial charge on any atom is -0.322 e. The molecule has 0 aliphatic carbocycles. The fourth-order valence-electron chi connectivity index (χ4n) is 3.18. The van der Waals surface area contributed by atoms with Gasteiger partial charge < -0.3 is 4.98 Å². The lowest BCUT2D eigenvalue weighted by molar-refractivity contribution is -0.115. The van der Waals surface area contributed by atoms with Crippen LogP contribution >= 0.6 is 23.4 Å². The molecular weight excluding hydrogens is 356 g/mol. The molecule has 1 aliphatic heterocycles. The summed E-state index contributed by atoms with van der Waals surface area (Å²) in [5.74, 6) is 0.433. The first kappa shape index (κ1) is 16.2. The zero-order valence-corrected chi connectivity index (χ0v) is 15.0. The fourth-order valence-corrected chi connectivity index (χ4v) is 4.70. The van der Waals surface area contributed by atoms with E-state index in [9.17, 15) is 9.59 Å². The molecule has 1 atom stereocenters. The number of aromatic amines is 1. The molecule has 6 heteroatoms. The van der Waals surface area contributed by atoms with Gasteiger partial charge in [0.1, 0.15) is 5.37 Å². The molecule has 1 fully saturated rings. The predicted octanol–water partition coefficient (Wildman–Crippen LogP) is 4.27. The van der Waals surface area contributed by atoms with Crippen molar-refractivity contribution in [2.75, 3.05) is 10.7 Å². The summed E-state index contributed by atoms with van der Waals surface area (Å²) in [5, 5.41) is 1.44. The second-order valence-corrected chi connectivity index (χ2v) is 7.47. The molecule has 1 saturated heterocycles. The SMILES string of the molecule is Cc1cc(=O)[nH]c2cc(N3C(=O)CSC3c3ccccc3Cl)ccc12. The van der Waals surface area contributed by atoms with E-state index < -0.39 is 0 Å². The van der Waals surface area contributed by atoms with E-state index in [1.807, 2.05) is 49.4 Å². The number of aromatic nitrogens is 1. The minimum atomic E-state index is -0.171. The molecular formula is C19H15ClN2O2S. The molecule has 0 bridgehead atoms. The third-order valence-corrected chi connectivity index (χ3v) is 5.89. The summed E-state index contributed by atoms with van der Waals surface area (Å²) in [6.07, 6.45) is 0. The van der Waals surface area contributed by atoms with Gasteiger partial charge in [0.15, 0.2) is 0 Å². The molecule has 4 rings (SSSR count). The molecule has 1 aromatic heterocycles. The summed E-state index contributed by atoms with van der Waals surface area (Å²) < 4.78 is 0. The van der Waals surface area contributed by atoms with Gasteiger partial charge in [-0.05, 0) is 30.7 Å². The van der Waals surface area contributed by atoms with Crippen molar-refractivity contribution in [2.24, 2.45) is 0 Å². The second-order valence-electron chi connectivity index (χ2n) is 6.00. The highest BCUT2D eigenvalue weighted by Crippen LogP contribution is 2.44. The Bertz CT molecular complexity index is 1050. The predicted molar refractivity (Wildman–Crippen MR) is 103 cm³/mol. The number of hydrogen-bond acceptors (Lipinski definition) is 3. The quantitative estimate of drug-likeness (QED) is 0.733. The molecule has 0 radical (unpaired) electrons. The molecule has 2 aromatic carbocycles. The monoisotopic (exact) mass is 370 g/mol. The van der Waals surface area contributed by atoms with Crippen molar-refractivity contribution in [3.8, 4) is 0 Å². The summed E-state index contributed by atoms with van der Waals surface area (Å²) in [5.41, 5.74) is 3.17. The van der Waals surface area contributed by atoms with Gasteiger partial charge in [-0.15, -0.1) is 11.8 Å². The Morgan fingerprint density at radius 2 is 1.96 bits per heavy atom. The van der Waals surface area contributed by atoms with Crippen LogP contribution in [0.3, 0.4) is 0 Å². The highest BCUT2D eigenvalue weighted by atomic mass is 35.5. The Hall–Kier alpha value is -2.24. The Morgan fingerprint density at radius 3 is 2.76 bits per heavy atom. The standard InChI is InChI=1S/C19H15ClN2O2S/c1-11-8-17(23)21-16-9-12(6-7-13(11)16)22-18(24)10-25-19(22)14-4-2-3-5-15(14)20/h2-9,19H,10H2,1H3,(H,21,23). The van der Waals surface area contributed by atoms with Crippen LogP contribution < -0.4 is 10.5 Å². The fraction of sp³-hybridized carbons (Fsp3) is 0.158. The van der Waals surface area contributed by atoms with Crippen LogP contribution in [0.4, 0.5) is 5.69 Å². The Kier molecular flexibility index (Phi) is 4.06. The first-order valence-electron chi connectivity index (χ1n) is 7.86. The number of rotatable bonds is 2. The highest BCUT2D eigenvalue weighted by molar-refractivity contribution is 8.00. The van der Waals surface area contributed by atoms with E-state index in [2.05, 4.69) is 4.98 Å². The molecule has 126 valence electrons. The largest absolute Gasteiger partial charge is 0.322 e. The highest BCUT2D eigenvalue weighted by Gasteiger charge is 2.35. The van der Waals surface area contributed by atoms with Gasteiger partial charge in [0.05, 0.1) is 11.3 Å². The Balaban J connectivity index is 1.84. The Labute approximate surface area is 153 Å². The van der Waals surface area contributed by atoms with Gasteiger partial charge in [0.25, 0.3) is 0 Å². The van der Waals surface area contributed by atoms with E-state index in [4.69, 9.17) is 11.6 Å². The number of carbonyl (C=O) groups excluding carboxylic acids is 1. The molecule has 2 heterocycles. The minimum absolute atomic E-state index is 0.0317. The zero-order chi connectivity index (χ0) is 17.6. The summed E-state index contributed by atoms with van der Waals surface area (Å²) in [6.45, 7) is 1.90. The van der Waals surface area contributed by atoms with Crippen molar-refractivity contribution < 1.29 is 4.79 Å². The third kappa shape index (κ3) is 2.83. The van der Waals surface area contributed by atoms with Crippen molar-refractivity contribution in [1.82, 2.24) is 4.98 Å². The summed E-state index contributed by atoms with van der Waals surface area (Å²) in [6, 6.07) is 14.9. The van der Waals surface area contributed by atoms with Crippen LogP contribution in [0.1, 0.15) is 16.5 Å². The number of nitrogens with zero attached hydrogens (tertiary/aromatic N) is 1. The summed E-state index contributed by atoms with van der Waals surface area (Å²) in [7, 11) is 0. The van der Waals surface area contributed by atoms with Crippen molar-refractivity contribution >= 4 is 45.9 Å². The number of nitrogens with one attached hydrogen (secondary N) is 1. The van der Waals surface area contributed by atoms with Gasteiger partial charge in [-0.3, -0.25) is 14.5 Å². The second kappa shape index (κ2) is 6.24. The van der Waals surface area contributed by atoms with Gasteiger partial charge in [0, 0.05) is 27.7 Å². The van der Waals surface area contributed by atoms with Crippen molar-refractivity contribution in [2.45, 2.75) is 12.3 Å². The van der Waals surface area contributed by atoms with Crippen LogP contribution in [0.5, 0.6) is 0 Å². The molecule has 3 aromatic rings. The lowest BCUT2D eigenvalue weighted by Crippen LogP contribution is -2.28. The van der Waals surface area contributed by atoms with Crippen LogP contribution in [-0.2, 0) is 4.79 Å². The maximum Gasteiger partial charge on any atom is 0.248 e. The van der Waals surface area contributed by atoms with Gasteiger partial charge in [-0.1, -0.05) is 35.9 Å². The smallest absolute Gasteiger partial charge is 0.248 e. The number of halogens is 1. The topological polar surface area (TPSA) is 53.2 Å². The average Bonchev–Trinajstić information content (AvgIpc) is 2.96. The third-order valence-electron chi connectivity index (χ3n) is 4.35. The van der Waals surface area contributed by atoms with Gasteiger partial charge in [0.2, 0.25) is 11.5 Å². The number of thioether (sulfide) groups is 1. The number of pyridine rings is 1. The van der Waals surface area contributed by atoms with Crippen LogP contribution in [0.15, 0.2) is 53.3 Å². The normalized spacial score (nSPS) is 17.4. The molecule has 25 heavy (non-hydrogen) atoms. The molecule has 1 amide bonds.